The van der Waals surface area contributed by atoms with Gasteiger partial charge < -0.3 is 14.2 Å². The Morgan fingerprint density at radius 3 is 2.35 bits per heavy atom. The lowest BCUT2D eigenvalue weighted by Crippen LogP contribution is -2.56. The predicted octanol–water partition coefficient (Wildman–Crippen LogP) is 4.89. The van der Waals surface area contributed by atoms with E-state index in [1.165, 1.54) is 7.11 Å². The number of nitrogens with one attached hydrogen (secondary N) is 1. The van der Waals surface area contributed by atoms with Crippen LogP contribution in [0.4, 0.5) is 4.11 Å². The van der Waals surface area contributed by atoms with Crippen molar-refractivity contribution in [3.05, 3.63) is 29.8 Å². The number of halogens is 1. The van der Waals surface area contributed by atoms with Gasteiger partial charge >= 0.3 is 5.97 Å². The van der Waals surface area contributed by atoms with E-state index < -0.39 is 18.5 Å². The molecule has 0 saturated heterocycles. The molecule has 0 fully saturated rings. The van der Waals surface area contributed by atoms with Crippen LogP contribution in [0.2, 0.25) is 10.1 Å². The van der Waals surface area contributed by atoms with E-state index in [2.05, 4.69) is 10.1 Å². The van der Waals surface area contributed by atoms with E-state index in [0.29, 0.717) is 6.54 Å². The van der Waals surface area contributed by atoms with Gasteiger partial charge in [0.25, 0.3) is 8.41 Å². The minimum Gasteiger partial charge on any atom is -0.468 e. The first-order valence-electron chi connectivity index (χ1n) is 8.90. The molecule has 1 aromatic carbocycles. The number of rotatable bonds is 5. The van der Waals surface area contributed by atoms with Gasteiger partial charge in [-0.3, -0.25) is 4.79 Å². The summed E-state index contributed by atoms with van der Waals surface area (Å²) in [5.41, 5.74) is 1.09. The molecule has 1 aromatic heterocycles. The molecule has 3 nitrogen and oxygen atoms in total. The molecule has 0 radical (unpaired) electrons. The van der Waals surface area contributed by atoms with Crippen molar-refractivity contribution in [1.29, 1.82) is 0 Å². The fourth-order valence-corrected chi connectivity index (χ4v) is 11.4. The van der Waals surface area contributed by atoms with Crippen molar-refractivity contribution in [3.63, 3.8) is 0 Å². The third kappa shape index (κ3) is 3.87. The van der Waals surface area contributed by atoms with Crippen molar-refractivity contribution in [2.24, 2.45) is 0 Å². The molecule has 2 rings (SSSR count). The Kier molecular flexibility index (Phi) is 6.00. The predicted molar refractivity (Wildman–Crippen MR) is 111 cm³/mol. The smallest absolute Gasteiger partial charge is 0.319 e. The first-order valence-corrected chi connectivity index (χ1v) is 11.6. The molecule has 0 bridgehead atoms. The second-order valence-electron chi connectivity index (χ2n) is 8.78. The summed E-state index contributed by atoms with van der Waals surface area (Å²) in [6.45, 7) is 12.8. The topological polar surface area (TPSA) is 38.3 Å². The first-order chi connectivity index (χ1) is 11.9. The molecule has 2 aromatic rings. The zero-order valence-electron chi connectivity index (χ0n) is 16.8. The summed E-state index contributed by atoms with van der Waals surface area (Å²) in [4.78, 5) is 11.3. The molecular formula is C20H30FNO2SSi. The number of carbonyl (C=O) groups excluding carboxylic acids is 1. The summed E-state index contributed by atoms with van der Waals surface area (Å²) >= 11 is 1.58. The number of hydrogen-bond donors (Lipinski definition) is 1. The van der Waals surface area contributed by atoms with Crippen LogP contribution >= 0.6 is 11.3 Å². The van der Waals surface area contributed by atoms with Gasteiger partial charge in [-0.1, -0.05) is 59.7 Å². The van der Waals surface area contributed by atoms with Crippen LogP contribution in [0.25, 0.3) is 10.1 Å². The van der Waals surface area contributed by atoms with Gasteiger partial charge in [0.15, 0.2) is 0 Å². The van der Waals surface area contributed by atoms with E-state index in [1.807, 2.05) is 65.8 Å². The monoisotopic (exact) mass is 395 g/mol. The largest absolute Gasteiger partial charge is 0.468 e. The first kappa shape index (κ1) is 21.1. The third-order valence-corrected chi connectivity index (χ3v) is 12.0. The van der Waals surface area contributed by atoms with Crippen LogP contribution in [0, 0.1) is 0 Å². The fourth-order valence-electron chi connectivity index (χ4n) is 3.67. The van der Waals surface area contributed by atoms with E-state index in [4.69, 9.17) is 0 Å². The number of fused-ring (bicyclic) bond motifs is 1. The van der Waals surface area contributed by atoms with Crippen LogP contribution < -0.4 is 9.82 Å². The Hall–Kier alpha value is -1.24. The highest BCUT2D eigenvalue weighted by atomic mass is 32.1. The van der Waals surface area contributed by atoms with E-state index in [1.54, 1.807) is 11.3 Å². The van der Waals surface area contributed by atoms with Gasteiger partial charge in [-0.25, -0.2) is 0 Å². The number of carbonyl (C=O) groups is 1. The van der Waals surface area contributed by atoms with Gasteiger partial charge in [0.1, 0.15) is 0 Å². The molecule has 0 amide bonds. The van der Waals surface area contributed by atoms with Crippen LogP contribution in [-0.2, 0) is 16.1 Å². The Bertz CT molecular complexity index is 775. The lowest BCUT2D eigenvalue weighted by molar-refractivity contribution is -0.139. The van der Waals surface area contributed by atoms with Crippen molar-refractivity contribution in [2.45, 2.75) is 58.2 Å². The van der Waals surface area contributed by atoms with Crippen molar-refractivity contribution in [1.82, 2.24) is 5.32 Å². The molecule has 0 unspecified atom stereocenters. The Morgan fingerprint density at radius 1 is 1.19 bits per heavy atom. The Balaban J connectivity index is 2.45. The molecule has 144 valence electrons. The molecule has 0 atom stereocenters. The molecule has 1 N–H and O–H groups in total. The fraction of sp³-hybridized carbons (Fsp3) is 0.550. The van der Waals surface area contributed by atoms with Gasteiger partial charge in [0, 0.05) is 15.7 Å². The van der Waals surface area contributed by atoms with Gasteiger partial charge in [0.2, 0.25) is 0 Å². The molecule has 1 heterocycles. The maximum absolute atomic E-state index is 16.6. The lowest BCUT2D eigenvalue weighted by atomic mass is 10.1. The average molecular weight is 396 g/mol. The van der Waals surface area contributed by atoms with Gasteiger partial charge in [0.05, 0.1) is 13.7 Å². The third-order valence-electron chi connectivity index (χ3n) is 4.84. The van der Waals surface area contributed by atoms with Gasteiger partial charge in [-0.15, -0.1) is 11.3 Å². The van der Waals surface area contributed by atoms with E-state index in [9.17, 15) is 4.79 Å². The lowest BCUT2D eigenvalue weighted by Gasteiger charge is -2.43. The summed E-state index contributed by atoms with van der Waals surface area (Å²) in [7, 11) is -1.89. The molecule has 6 heteroatoms. The number of esters is 1. The van der Waals surface area contributed by atoms with Crippen LogP contribution in [0.1, 0.15) is 47.1 Å². The highest BCUT2D eigenvalue weighted by Gasteiger charge is 2.57. The Morgan fingerprint density at radius 2 is 1.81 bits per heavy atom. The average Bonchev–Trinajstić information content (AvgIpc) is 2.96. The zero-order chi connectivity index (χ0) is 19.8. The number of benzene rings is 1. The zero-order valence-corrected chi connectivity index (χ0v) is 18.6. The van der Waals surface area contributed by atoms with Crippen molar-refractivity contribution >= 4 is 40.3 Å². The van der Waals surface area contributed by atoms with E-state index >= 15 is 4.11 Å². The van der Waals surface area contributed by atoms with Crippen LogP contribution in [-0.4, -0.2) is 28.0 Å². The molecule has 0 spiro atoms. The van der Waals surface area contributed by atoms with Crippen molar-refractivity contribution < 1.29 is 13.6 Å². The normalized spacial score (nSPS) is 13.2. The summed E-state index contributed by atoms with van der Waals surface area (Å²) in [6, 6.07) is 8.11. The summed E-state index contributed by atoms with van der Waals surface area (Å²) in [5.74, 6) is -0.292. The highest BCUT2D eigenvalue weighted by Crippen LogP contribution is 2.52. The maximum Gasteiger partial charge on any atom is 0.319 e. The molecule has 0 aliphatic rings. The Labute approximate surface area is 161 Å². The number of thiophene rings is 1. The van der Waals surface area contributed by atoms with Crippen molar-refractivity contribution in [3.8, 4) is 0 Å². The standard InChI is InChI=1S/C20H30FNO2SSi/c1-19(2,3)26(21,20(4,5)6)17-11-14-9-8-10-15(18(14)25-17)12-22-13-16(23)24-7/h8-11,22H,12-13H2,1-7H3. The maximum atomic E-state index is 16.6. The molecule has 0 aliphatic heterocycles. The van der Waals surface area contributed by atoms with Gasteiger partial charge in [-0.05, 0) is 27.1 Å². The minimum atomic E-state index is -3.27. The number of hydrogen-bond acceptors (Lipinski definition) is 4. The van der Waals surface area contributed by atoms with Crippen molar-refractivity contribution in [2.75, 3.05) is 13.7 Å². The second kappa shape index (κ2) is 7.41. The molecule has 26 heavy (non-hydrogen) atoms. The van der Waals surface area contributed by atoms with E-state index in [-0.39, 0.29) is 12.5 Å². The van der Waals surface area contributed by atoms with Crippen LogP contribution in [0.15, 0.2) is 24.3 Å². The SMILES string of the molecule is COC(=O)CNCc1cccc2cc([Si](F)(C(C)(C)C)C(C)(C)C)sc12. The van der Waals surface area contributed by atoms with Crippen LogP contribution in [0.5, 0.6) is 0 Å². The second-order valence-corrected chi connectivity index (χ2v) is 15.1. The number of ether oxygens (including phenoxy) is 1. The highest BCUT2D eigenvalue weighted by molar-refractivity contribution is 7.31. The van der Waals surface area contributed by atoms with Crippen LogP contribution in [0.3, 0.4) is 0 Å². The molecule has 0 aliphatic carbocycles. The molecular weight excluding hydrogens is 365 g/mol. The van der Waals surface area contributed by atoms with E-state index in [0.717, 1.165) is 20.2 Å². The quantitative estimate of drug-likeness (QED) is 0.445. The summed E-state index contributed by atoms with van der Waals surface area (Å²) in [6.07, 6.45) is 0. The molecule has 0 saturated carbocycles. The summed E-state index contributed by atoms with van der Waals surface area (Å²) in [5, 5.41) is 3.39. The van der Waals surface area contributed by atoms with Gasteiger partial charge in [-0.2, -0.15) is 0 Å². The minimum absolute atomic E-state index is 0.164. The summed E-state index contributed by atoms with van der Waals surface area (Å²) < 4.78 is 23.2. The number of methoxy groups -OCH3 is 1.